The Morgan fingerprint density at radius 2 is 2.11 bits per heavy atom. The molecule has 1 amide bonds. The van der Waals surface area contributed by atoms with Crippen LogP contribution in [-0.4, -0.2) is 12.5 Å². The molecule has 1 aliphatic rings. The maximum atomic E-state index is 12.0. The van der Waals surface area contributed by atoms with E-state index in [0.29, 0.717) is 26.0 Å². The van der Waals surface area contributed by atoms with Crippen molar-refractivity contribution in [1.29, 1.82) is 5.26 Å². The molecule has 1 aliphatic carbocycles. The fourth-order valence-corrected chi connectivity index (χ4v) is 2.14. The van der Waals surface area contributed by atoms with Gasteiger partial charge in [-0.15, -0.1) is 0 Å². The molecule has 1 aromatic carbocycles. The largest absolute Gasteiger partial charge is 0.494 e. The van der Waals surface area contributed by atoms with Crippen LogP contribution < -0.4 is 10.1 Å². The van der Waals surface area contributed by atoms with Crippen LogP contribution in [0.4, 0.5) is 0 Å². The van der Waals surface area contributed by atoms with Crippen LogP contribution in [0.3, 0.4) is 0 Å². The van der Waals surface area contributed by atoms with Crippen LogP contribution in [-0.2, 0) is 11.3 Å². The van der Waals surface area contributed by atoms with E-state index in [1.807, 2.05) is 31.2 Å². The predicted molar refractivity (Wildman–Crippen MR) is 71.4 cm³/mol. The molecule has 4 nitrogen and oxygen atoms in total. The second kappa shape index (κ2) is 5.75. The molecule has 1 saturated carbocycles. The zero-order valence-corrected chi connectivity index (χ0v) is 11.1. The van der Waals surface area contributed by atoms with Crippen LogP contribution in [0.2, 0.25) is 0 Å². The molecule has 0 aliphatic heterocycles. The molecule has 100 valence electrons. The summed E-state index contributed by atoms with van der Waals surface area (Å²) in [4.78, 5) is 12.0. The number of nitrogens with one attached hydrogen (secondary N) is 1. The maximum Gasteiger partial charge on any atom is 0.240 e. The molecule has 1 fully saturated rings. The molecule has 2 rings (SSSR count). The van der Waals surface area contributed by atoms with Gasteiger partial charge in [0.2, 0.25) is 5.91 Å². The maximum absolute atomic E-state index is 12.0. The van der Waals surface area contributed by atoms with Crippen LogP contribution in [0.1, 0.15) is 31.7 Å². The number of ether oxygens (including phenoxy) is 1. The third-order valence-corrected chi connectivity index (χ3v) is 3.54. The first-order chi connectivity index (χ1) is 9.20. The van der Waals surface area contributed by atoms with Crippen LogP contribution >= 0.6 is 0 Å². The lowest BCUT2D eigenvalue weighted by Gasteiger charge is -2.33. The molecule has 0 unspecified atom stereocenters. The minimum absolute atomic E-state index is 0.143. The minimum atomic E-state index is -0.773. The van der Waals surface area contributed by atoms with Crippen molar-refractivity contribution in [2.45, 2.75) is 32.7 Å². The number of carbonyl (C=O) groups excluding carboxylic acids is 1. The van der Waals surface area contributed by atoms with E-state index < -0.39 is 5.41 Å². The van der Waals surface area contributed by atoms with Gasteiger partial charge >= 0.3 is 0 Å². The quantitative estimate of drug-likeness (QED) is 0.882. The summed E-state index contributed by atoms with van der Waals surface area (Å²) in [6, 6.07) is 9.75. The van der Waals surface area contributed by atoms with Gasteiger partial charge in [-0.05, 0) is 43.9 Å². The standard InChI is InChI=1S/C15H18N2O2/c1-2-19-13-6-4-12(5-7-13)10-17-14(18)15(11-16)8-3-9-15/h4-7H,2-3,8-10H2,1H3,(H,17,18). The van der Waals surface area contributed by atoms with E-state index in [0.717, 1.165) is 17.7 Å². The second-order valence-corrected chi connectivity index (χ2v) is 4.81. The third kappa shape index (κ3) is 2.87. The average molecular weight is 258 g/mol. The zero-order chi connectivity index (χ0) is 13.7. The van der Waals surface area contributed by atoms with Gasteiger partial charge in [0, 0.05) is 6.54 Å². The van der Waals surface area contributed by atoms with E-state index in [9.17, 15) is 4.79 Å². The van der Waals surface area contributed by atoms with E-state index in [4.69, 9.17) is 10.00 Å². The average Bonchev–Trinajstić information content (AvgIpc) is 2.38. The summed E-state index contributed by atoms with van der Waals surface area (Å²) in [5.74, 6) is 0.681. The lowest BCUT2D eigenvalue weighted by Crippen LogP contribution is -2.44. The van der Waals surface area contributed by atoms with Gasteiger partial charge in [-0.1, -0.05) is 12.1 Å². The summed E-state index contributed by atoms with van der Waals surface area (Å²) in [5.41, 5.74) is 0.231. The van der Waals surface area contributed by atoms with Crippen molar-refractivity contribution in [2.75, 3.05) is 6.61 Å². The molecule has 1 N–H and O–H groups in total. The Hall–Kier alpha value is -2.02. The van der Waals surface area contributed by atoms with Gasteiger partial charge in [0.25, 0.3) is 0 Å². The summed E-state index contributed by atoms with van der Waals surface area (Å²) in [7, 11) is 0. The molecule has 19 heavy (non-hydrogen) atoms. The molecule has 0 spiro atoms. The molecule has 0 aromatic heterocycles. The molecule has 0 atom stereocenters. The number of hydrogen-bond acceptors (Lipinski definition) is 3. The highest BCUT2D eigenvalue weighted by atomic mass is 16.5. The van der Waals surface area contributed by atoms with Crippen LogP contribution in [0, 0.1) is 16.7 Å². The van der Waals surface area contributed by atoms with Crippen LogP contribution in [0.15, 0.2) is 24.3 Å². The molecule has 4 heteroatoms. The Morgan fingerprint density at radius 3 is 2.58 bits per heavy atom. The van der Waals surface area contributed by atoms with Gasteiger partial charge in [-0.3, -0.25) is 4.79 Å². The monoisotopic (exact) mass is 258 g/mol. The second-order valence-electron chi connectivity index (χ2n) is 4.81. The highest BCUT2D eigenvalue weighted by Gasteiger charge is 2.44. The number of benzene rings is 1. The van der Waals surface area contributed by atoms with Gasteiger partial charge in [0.05, 0.1) is 12.7 Å². The first kappa shape index (κ1) is 13.4. The Labute approximate surface area is 113 Å². The number of rotatable bonds is 5. The van der Waals surface area contributed by atoms with E-state index in [-0.39, 0.29) is 5.91 Å². The smallest absolute Gasteiger partial charge is 0.240 e. The molecule has 0 heterocycles. The molecule has 1 aromatic rings. The number of hydrogen-bond donors (Lipinski definition) is 1. The Balaban J connectivity index is 1.88. The van der Waals surface area contributed by atoms with Gasteiger partial charge < -0.3 is 10.1 Å². The molecular formula is C15H18N2O2. The van der Waals surface area contributed by atoms with Crippen molar-refractivity contribution >= 4 is 5.91 Å². The molecular weight excluding hydrogens is 240 g/mol. The fourth-order valence-electron chi connectivity index (χ4n) is 2.14. The van der Waals surface area contributed by atoms with Crippen molar-refractivity contribution in [3.8, 4) is 11.8 Å². The van der Waals surface area contributed by atoms with Crippen LogP contribution in [0.25, 0.3) is 0 Å². The predicted octanol–water partition coefficient (Wildman–Crippen LogP) is 2.40. The lowest BCUT2D eigenvalue weighted by molar-refractivity contribution is -0.131. The minimum Gasteiger partial charge on any atom is -0.494 e. The SMILES string of the molecule is CCOc1ccc(CNC(=O)C2(C#N)CCC2)cc1. The summed E-state index contributed by atoms with van der Waals surface area (Å²) in [6.45, 7) is 3.03. The zero-order valence-electron chi connectivity index (χ0n) is 11.1. The van der Waals surface area contributed by atoms with Gasteiger partial charge in [0.1, 0.15) is 11.2 Å². The van der Waals surface area contributed by atoms with E-state index in [1.165, 1.54) is 0 Å². The van der Waals surface area contributed by atoms with Crippen molar-refractivity contribution < 1.29 is 9.53 Å². The number of nitrogens with zero attached hydrogens (tertiary/aromatic N) is 1. The first-order valence-electron chi connectivity index (χ1n) is 6.61. The Morgan fingerprint density at radius 1 is 1.42 bits per heavy atom. The highest BCUT2D eigenvalue weighted by molar-refractivity contribution is 5.86. The van der Waals surface area contributed by atoms with Crippen molar-refractivity contribution in [1.82, 2.24) is 5.32 Å². The van der Waals surface area contributed by atoms with E-state index >= 15 is 0 Å². The van der Waals surface area contributed by atoms with Crippen LogP contribution in [0.5, 0.6) is 5.75 Å². The number of carbonyl (C=O) groups is 1. The van der Waals surface area contributed by atoms with Crippen molar-refractivity contribution in [3.05, 3.63) is 29.8 Å². The van der Waals surface area contributed by atoms with Crippen molar-refractivity contribution in [3.63, 3.8) is 0 Å². The summed E-state index contributed by atoms with van der Waals surface area (Å²) >= 11 is 0. The van der Waals surface area contributed by atoms with Gasteiger partial charge in [-0.2, -0.15) is 5.26 Å². The summed E-state index contributed by atoms with van der Waals surface area (Å²) in [6.07, 6.45) is 2.32. The van der Waals surface area contributed by atoms with Crippen molar-refractivity contribution in [2.24, 2.45) is 5.41 Å². The highest BCUT2D eigenvalue weighted by Crippen LogP contribution is 2.40. The molecule has 0 radical (unpaired) electrons. The third-order valence-electron chi connectivity index (χ3n) is 3.54. The number of nitriles is 1. The summed E-state index contributed by atoms with van der Waals surface area (Å²) < 4.78 is 5.35. The molecule has 0 bridgehead atoms. The summed E-state index contributed by atoms with van der Waals surface area (Å²) in [5, 5.41) is 11.9. The topological polar surface area (TPSA) is 62.1 Å². The van der Waals surface area contributed by atoms with Gasteiger partial charge in [-0.25, -0.2) is 0 Å². The van der Waals surface area contributed by atoms with Gasteiger partial charge in [0.15, 0.2) is 0 Å². The number of amides is 1. The lowest BCUT2D eigenvalue weighted by atomic mass is 9.69. The van der Waals surface area contributed by atoms with E-state index in [2.05, 4.69) is 11.4 Å². The molecule has 0 saturated heterocycles. The Kier molecular flexibility index (Phi) is 4.06. The van der Waals surface area contributed by atoms with E-state index in [1.54, 1.807) is 0 Å². The Bertz CT molecular complexity index is 484. The first-order valence-corrected chi connectivity index (χ1v) is 6.61. The fraction of sp³-hybridized carbons (Fsp3) is 0.467. The normalized spacial score (nSPS) is 16.0.